The number of oxazole rings is 1. The first kappa shape index (κ1) is 29.6. The Hall–Kier alpha value is -6.95. The van der Waals surface area contributed by atoms with Gasteiger partial charge in [0.05, 0.1) is 0 Å². The molecule has 12 rings (SSSR count). The van der Waals surface area contributed by atoms with Crippen LogP contribution < -0.4 is 4.90 Å². The van der Waals surface area contributed by atoms with Crippen molar-refractivity contribution in [2.45, 2.75) is 0 Å². The van der Waals surface area contributed by atoms with Gasteiger partial charge in [-0.3, -0.25) is 0 Å². The maximum absolute atomic E-state index is 6.65. The lowest BCUT2D eigenvalue weighted by molar-refractivity contribution is 0.620. The molecular formula is C49H28N2O2S. The second-order valence-electron chi connectivity index (χ2n) is 13.9. The normalized spacial score (nSPS) is 12.1. The predicted molar refractivity (Wildman–Crippen MR) is 227 cm³/mol. The molecule has 0 aliphatic rings. The van der Waals surface area contributed by atoms with Crippen LogP contribution in [0.3, 0.4) is 0 Å². The Balaban J connectivity index is 1.04. The lowest BCUT2D eigenvalue weighted by atomic mass is 10.0. The third-order valence-corrected chi connectivity index (χ3v) is 12.1. The average Bonchev–Trinajstić information content (AvgIpc) is 3.94. The van der Waals surface area contributed by atoms with Gasteiger partial charge in [-0.1, -0.05) is 109 Å². The Morgan fingerprint density at radius 3 is 1.98 bits per heavy atom. The molecule has 0 fully saturated rings. The van der Waals surface area contributed by atoms with E-state index in [0.29, 0.717) is 5.89 Å². The lowest BCUT2D eigenvalue weighted by Crippen LogP contribution is -2.09. The largest absolute Gasteiger partial charge is 0.456 e. The third kappa shape index (κ3) is 4.39. The van der Waals surface area contributed by atoms with Crippen LogP contribution in [0.25, 0.3) is 97.0 Å². The van der Waals surface area contributed by atoms with Crippen molar-refractivity contribution in [3.05, 3.63) is 170 Å². The second kappa shape index (κ2) is 11.3. The van der Waals surface area contributed by atoms with Crippen LogP contribution in [0, 0.1) is 0 Å². The maximum Gasteiger partial charge on any atom is 0.228 e. The van der Waals surface area contributed by atoms with Gasteiger partial charge in [0.15, 0.2) is 5.58 Å². The Kier molecular flexibility index (Phi) is 6.18. The van der Waals surface area contributed by atoms with E-state index in [4.69, 9.17) is 13.8 Å². The van der Waals surface area contributed by atoms with Crippen molar-refractivity contribution in [2.75, 3.05) is 4.90 Å². The summed E-state index contributed by atoms with van der Waals surface area (Å²) < 4.78 is 15.6. The summed E-state index contributed by atoms with van der Waals surface area (Å²) in [6.07, 6.45) is 0. The van der Waals surface area contributed by atoms with E-state index in [2.05, 4.69) is 144 Å². The molecule has 0 saturated carbocycles. The number of fused-ring (bicyclic) bond motifs is 12. The highest BCUT2D eigenvalue weighted by Crippen LogP contribution is 2.45. The Bertz CT molecular complexity index is 3480. The number of nitrogens with zero attached hydrogens (tertiary/aromatic N) is 2. The van der Waals surface area contributed by atoms with Gasteiger partial charge in [-0.05, 0) is 81.5 Å². The highest BCUT2D eigenvalue weighted by atomic mass is 32.1. The van der Waals surface area contributed by atoms with Gasteiger partial charge in [0.2, 0.25) is 5.89 Å². The zero-order chi connectivity index (χ0) is 35.3. The number of aromatic nitrogens is 1. The van der Waals surface area contributed by atoms with E-state index in [1.54, 1.807) is 0 Å². The number of benzene rings is 9. The predicted octanol–water partition coefficient (Wildman–Crippen LogP) is 14.7. The van der Waals surface area contributed by atoms with Crippen molar-refractivity contribution in [1.29, 1.82) is 0 Å². The Morgan fingerprint density at radius 2 is 1.09 bits per heavy atom. The Labute approximate surface area is 312 Å². The number of anilines is 3. The van der Waals surface area contributed by atoms with Gasteiger partial charge in [0, 0.05) is 65.0 Å². The molecule has 252 valence electrons. The SMILES string of the molecule is c1ccc2cc(N(c3ccc4c(c3)oc3cccc(-c5nc6c(ccc7ccccc76)o5)c34)c3ccc4c(c3)sc3c5ccccc5ccc43)ccc2c1. The van der Waals surface area contributed by atoms with Crippen molar-refractivity contribution < 1.29 is 8.83 Å². The quantitative estimate of drug-likeness (QED) is 0.183. The van der Waals surface area contributed by atoms with Crippen molar-refractivity contribution in [3.8, 4) is 11.5 Å². The van der Waals surface area contributed by atoms with E-state index in [-0.39, 0.29) is 0 Å². The van der Waals surface area contributed by atoms with Gasteiger partial charge in [-0.2, -0.15) is 0 Å². The highest BCUT2D eigenvalue weighted by molar-refractivity contribution is 7.26. The van der Waals surface area contributed by atoms with Crippen LogP contribution in [0.15, 0.2) is 179 Å². The summed E-state index contributed by atoms with van der Waals surface area (Å²) in [4.78, 5) is 7.38. The summed E-state index contributed by atoms with van der Waals surface area (Å²) in [5, 5.41) is 11.8. The first-order valence-electron chi connectivity index (χ1n) is 18.1. The number of rotatable bonds is 4. The molecule has 9 aromatic carbocycles. The van der Waals surface area contributed by atoms with Crippen molar-refractivity contribution in [1.82, 2.24) is 4.98 Å². The first-order valence-corrected chi connectivity index (χ1v) is 18.9. The highest BCUT2D eigenvalue weighted by Gasteiger charge is 2.21. The van der Waals surface area contributed by atoms with E-state index in [9.17, 15) is 0 Å². The molecule has 0 unspecified atom stereocenters. The summed E-state index contributed by atoms with van der Waals surface area (Å²) in [5.41, 5.74) is 7.32. The molecule has 4 nitrogen and oxygen atoms in total. The Morgan fingerprint density at radius 1 is 0.426 bits per heavy atom. The minimum atomic E-state index is 0.584. The molecule has 0 atom stereocenters. The van der Waals surface area contributed by atoms with Gasteiger partial charge >= 0.3 is 0 Å². The molecule has 0 radical (unpaired) electrons. The summed E-state index contributed by atoms with van der Waals surface area (Å²) >= 11 is 1.86. The molecule has 5 heteroatoms. The number of hydrogen-bond acceptors (Lipinski definition) is 5. The van der Waals surface area contributed by atoms with Gasteiger partial charge in [-0.25, -0.2) is 4.98 Å². The van der Waals surface area contributed by atoms with Crippen LogP contribution >= 0.6 is 11.3 Å². The zero-order valence-electron chi connectivity index (χ0n) is 28.8. The van der Waals surface area contributed by atoms with Crippen LogP contribution in [-0.4, -0.2) is 4.98 Å². The molecule has 0 aliphatic carbocycles. The molecule has 12 aromatic rings. The number of hydrogen-bond donors (Lipinski definition) is 0. The van der Waals surface area contributed by atoms with Crippen molar-refractivity contribution in [2.24, 2.45) is 0 Å². The lowest BCUT2D eigenvalue weighted by Gasteiger charge is -2.26. The third-order valence-electron chi connectivity index (χ3n) is 10.8. The van der Waals surface area contributed by atoms with Gasteiger partial charge < -0.3 is 13.7 Å². The molecule has 0 aliphatic heterocycles. The van der Waals surface area contributed by atoms with Crippen LogP contribution in [-0.2, 0) is 0 Å². The zero-order valence-corrected chi connectivity index (χ0v) is 29.6. The minimum Gasteiger partial charge on any atom is -0.456 e. The minimum absolute atomic E-state index is 0.584. The van der Waals surface area contributed by atoms with E-state index in [1.807, 2.05) is 41.7 Å². The number of furan rings is 1. The summed E-state index contributed by atoms with van der Waals surface area (Å²) in [6, 6.07) is 60.3. The molecule has 0 N–H and O–H groups in total. The summed E-state index contributed by atoms with van der Waals surface area (Å²) in [6.45, 7) is 0. The standard InChI is InChI=1S/C49H28N2O2S/c1-2-11-32-26-33(19-16-29(32)8-1)51(35-20-23-38-39-22-17-31-10-4-6-13-37(31)48(39)54-45(38)28-35)34-21-24-40-44(27-34)52-42-15-7-14-41(46(40)42)49-50-47-36-12-5-3-9-30(36)18-25-43(47)53-49/h1-28H. The monoisotopic (exact) mass is 708 g/mol. The van der Waals surface area contributed by atoms with E-state index in [0.717, 1.165) is 66.4 Å². The summed E-state index contributed by atoms with van der Waals surface area (Å²) in [7, 11) is 0. The molecule has 0 bridgehead atoms. The maximum atomic E-state index is 6.65. The van der Waals surface area contributed by atoms with Gasteiger partial charge in [0.1, 0.15) is 16.7 Å². The van der Waals surface area contributed by atoms with E-state index in [1.165, 1.54) is 41.7 Å². The molecule has 3 heterocycles. The van der Waals surface area contributed by atoms with Crippen molar-refractivity contribution in [3.63, 3.8) is 0 Å². The fourth-order valence-electron chi connectivity index (χ4n) is 8.30. The molecule has 0 amide bonds. The summed E-state index contributed by atoms with van der Waals surface area (Å²) in [5.74, 6) is 0.584. The van der Waals surface area contributed by atoms with Crippen LogP contribution in [0.1, 0.15) is 0 Å². The molecule has 54 heavy (non-hydrogen) atoms. The van der Waals surface area contributed by atoms with Gasteiger partial charge in [0.25, 0.3) is 0 Å². The first-order chi connectivity index (χ1) is 26.7. The van der Waals surface area contributed by atoms with Crippen LogP contribution in [0.5, 0.6) is 0 Å². The smallest absolute Gasteiger partial charge is 0.228 e. The molecule has 0 spiro atoms. The molecule has 3 aromatic heterocycles. The topological polar surface area (TPSA) is 42.4 Å². The van der Waals surface area contributed by atoms with Gasteiger partial charge in [-0.15, -0.1) is 11.3 Å². The second-order valence-corrected chi connectivity index (χ2v) is 15.0. The fourth-order valence-corrected chi connectivity index (χ4v) is 9.57. The van der Waals surface area contributed by atoms with Crippen LogP contribution in [0.2, 0.25) is 0 Å². The number of thiophene rings is 1. The fraction of sp³-hybridized carbons (Fsp3) is 0. The van der Waals surface area contributed by atoms with Crippen molar-refractivity contribution >= 4 is 114 Å². The molecular weight excluding hydrogens is 681 g/mol. The average molecular weight is 709 g/mol. The van der Waals surface area contributed by atoms with Crippen LogP contribution in [0.4, 0.5) is 17.1 Å². The molecule has 0 saturated heterocycles. The van der Waals surface area contributed by atoms with E-state index < -0.39 is 0 Å². The van der Waals surface area contributed by atoms with E-state index >= 15 is 0 Å².